The molecule has 0 spiro atoms. The molecule has 0 unspecified atom stereocenters. The van der Waals surface area contributed by atoms with Gasteiger partial charge >= 0.3 is 0 Å². The Labute approximate surface area is 121 Å². The molecule has 0 aliphatic heterocycles. The number of hydrogen-bond donors (Lipinski definition) is 1. The lowest BCUT2D eigenvalue weighted by Gasteiger charge is -2.32. The molecular formula is C15H22ClNS. The second-order valence-corrected chi connectivity index (χ2v) is 6.42. The molecule has 18 heavy (non-hydrogen) atoms. The van der Waals surface area contributed by atoms with Crippen molar-refractivity contribution in [2.24, 2.45) is 5.41 Å². The lowest BCUT2D eigenvalue weighted by Crippen LogP contribution is -2.34. The highest BCUT2D eigenvalue weighted by atomic mass is 35.5. The molecule has 1 fully saturated rings. The lowest BCUT2D eigenvalue weighted by molar-refractivity contribution is 0.196. The highest BCUT2D eigenvalue weighted by molar-refractivity contribution is 7.80. The van der Waals surface area contributed by atoms with Gasteiger partial charge in [0.2, 0.25) is 0 Å². The zero-order chi connectivity index (χ0) is 13.0. The van der Waals surface area contributed by atoms with Crippen LogP contribution in [0.4, 0.5) is 0 Å². The van der Waals surface area contributed by atoms with Crippen LogP contribution in [-0.4, -0.2) is 24.2 Å². The van der Waals surface area contributed by atoms with Gasteiger partial charge in [-0.05, 0) is 48.8 Å². The number of nitrogens with zero attached hydrogens (tertiary/aromatic N) is 1. The summed E-state index contributed by atoms with van der Waals surface area (Å²) in [5.74, 6) is 1.01. The fourth-order valence-electron chi connectivity index (χ4n) is 3.02. The van der Waals surface area contributed by atoms with Gasteiger partial charge in [0.25, 0.3) is 0 Å². The van der Waals surface area contributed by atoms with Crippen molar-refractivity contribution in [3.63, 3.8) is 0 Å². The molecule has 0 aromatic heterocycles. The smallest absolute Gasteiger partial charge is 0.0406 e. The fourth-order valence-corrected chi connectivity index (χ4v) is 3.56. The lowest BCUT2D eigenvalue weighted by atomic mass is 9.88. The Morgan fingerprint density at radius 2 is 1.83 bits per heavy atom. The third-order valence-corrected chi connectivity index (χ3v) is 4.89. The summed E-state index contributed by atoms with van der Waals surface area (Å²) in [4.78, 5) is 2.42. The Balaban J connectivity index is 1.91. The molecule has 0 amide bonds. The van der Waals surface area contributed by atoms with Crippen molar-refractivity contribution >= 4 is 24.2 Å². The van der Waals surface area contributed by atoms with E-state index in [1.807, 2.05) is 12.1 Å². The quantitative estimate of drug-likeness (QED) is 0.790. The molecule has 0 saturated heterocycles. The van der Waals surface area contributed by atoms with E-state index in [0.717, 1.165) is 23.9 Å². The van der Waals surface area contributed by atoms with Crippen LogP contribution in [0.3, 0.4) is 0 Å². The van der Waals surface area contributed by atoms with Crippen LogP contribution in [0.5, 0.6) is 0 Å². The van der Waals surface area contributed by atoms with E-state index in [-0.39, 0.29) is 0 Å². The van der Waals surface area contributed by atoms with Crippen molar-refractivity contribution in [3.8, 4) is 0 Å². The highest BCUT2D eigenvalue weighted by Gasteiger charge is 2.33. The third kappa shape index (κ3) is 3.66. The van der Waals surface area contributed by atoms with Gasteiger partial charge in [-0.3, -0.25) is 0 Å². The zero-order valence-corrected chi connectivity index (χ0v) is 12.7. The second kappa shape index (κ2) is 6.31. The summed E-state index contributed by atoms with van der Waals surface area (Å²) in [6, 6.07) is 8.16. The molecule has 1 saturated carbocycles. The molecule has 1 aromatic carbocycles. The van der Waals surface area contributed by atoms with Crippen molar-refractivity contribution in [3.05, 3.63) is 34.9 Å². The average molecular weight is 284 g/mol. The average Bonchev–Trinajstić information content (AvgIpc) is 2.81. The van der Waals surface area contributed by atoms with Gasteiger partial charge in [0.15, 0.2) is 0 Å². The largest absolute Gasteiger partial charge is 0.302 e. The first-order valence-electron chi connectivity index (χ1n) is 6.67. The topological polar surface area (TPSA) is 3.24 Å². The molecule has 1 nitrogen and oxygen atoms in total. The Morgan fingerprint density at radius 1 is 1.22 bits per heavy atom. The van der Waals surface area contributed by atoms with E-state index in [9.17, 15) is 0 Å². The molecule has 1 aliphatic carbocycles. The Morgan fingerprint density at radius 3 is 2.39 bits per heavy atom. The SMILES string of the molecule is CN(Cc1ccc(Cl)cc1)CC1(CS)CCCC1. The molecule has 100 valence electrons. The van der Waals surface area contributed by atoms with Crippen molar-refractivity contribution in [2.45, 2.75) is 32.2 Å². The first-order chi connectivity index (χ1) is 8.63. The van der Waals surface area contributed by atoms with Crippen LogP contribution in [-0.2, 0) is 6.54 Å². The molecular weight excluding hydrogens is 262 g/mol. The molecule has 0 heterocycles. The predicted molar refractivity (Wildman–Crippen MR) is 82.5 cm³/mol. The fraction of sp³-hybridized carbons (Fsp3) is 0.600. The summed E-state index contributed by atoms with van der Waals surface area (Å²) >= 11 is 10.5. The van der Waals surface area contributed by atoms with Crippen molar-refractivity contribution in [1.82, 2.24) is 4.90 Å². The first-order valence-corrected chi connectivity index (χ1v) is 7.68. The minimum absolute atomic E-state index is 0.449. The van der Waals surface area contributed by atoms with Crippen molar-refractivity contribution < 1.29 is 0 Å². The van der Waals surface area contributed by atoms with E-state index in [1.165, 1.54) is 31.2 Å². The molecule has 3 heteroatoms. The van der Waals surface area contributed by atoms with Crippen molar-refractivity contribution in [2.75, 3.05) is 19.3 Å². The van der Waals surface area contributed by atoms with Crippen LogP contribution >= 0.6 is 24.2 Å². The molecule has 1 aromatic rings. The van der Waals surface area contributed by atoms with E-state index >= 15 is 0 Å². The zero-order valence-electron chi connectivity index (χ0n) is 11.0. The third-order valence-electron chi connectivity index (χ3n) is 3.97. The number of rotatable bonds is 5. The number of thiol groups is 1. The summed E-state index contributed by atoms with van der Waals surface area (Å²) < 4.78 is 0. The molecule has 0 bridgehead atoms. The van der Waals surface area contributed by atoms with Crippen LogP contribution in [0.1, 0.15) is 31.2 Å². The second-order valence-electron chi connectivity index (χ2n) is 5.66. The van der Waals surface area contributed by atoms with E-state index in [0.29, 0.717) is 5.41 Å². The molecule has 0 radical (unpaired) electrons. The normalized spacial score (nSPS) is 18.4. The van der Waals surface area contributed by atoms with Crippen LogP contribution < -0.4 is 0 Å². The first kappa shape index (κ1) is 14.2. The van der Waals surface area contributed by atoms with E-state index in [2.05, 4.69) is 36.7 Å². The van der Waals surface area contributed by atoms with E-state index in [4.69, 9.17) is 11.6 Å². The number of benzene rings is 1. The highest BCUT2D eigenvalue weighted by Crippen LogP contribution is 2.39. The standard InChI is InChI=1S/C15H22ClNS/c1-17(10-13-4-6-14(16)7-5-13)11-15(12-18)8-2-3-9-15/h4-7,18H,2-3,8-12H2,1H3. The van der Waals surface area contributed by atoms with E-state index in [1.54, 1.807) is 0 Å². The minimum Gasteiger partial charge on any atom is -0.302 e. The maximum atomic E-state index is 5.91. The Hall–Kier alpha value is -0.180. The minimum atomic E-state index is 0.449. The molecule has 0 atom stereocenters. The summed E-state index contributed by atoms with van der Waals surface area (Å²) in [7, 11) is 2.21. The summed E-state index contributed by atoms with van der Waals surface area (Å²) in [6.45, 7) is 2.14. The van der Waals surface area contributed by atoms with Gasteiger partial charge in [-0.2, -0.15) is 12.6 Å². The van der Waals surface area contributed by atoms with Gasteiger partial charge in [0.1, 0.15) is 0 Å². The molecule has 1 aliphatic rings. The van der Waals surface area contributed by atoms with Gasteiger partial charge in [0, 0.05) is 18.1 Å². The molecule has 0 N–H and O–H groups in total. The van der Waals surface area contributed by atoms with E-state index < -0.39 is 0 Å². The number of halogens is 1. The predicted octanol–water partition coefficient (Wildman–Crippen LogP) is 4.26. The van der Waals surface area contributed by atoms with Crippen LogP contribution in [0.2, 0.25) is 5.02 Å². The maximum Gasteiger partial charge on any atom is 0.0406 e. The monoisotopic (exact) mass is 283 g/mol. The number of hydrogen-bond acceptors (Lipinski definition) is 2. The van der Waals surface area contributed by atoms with Gasteiger partial charge in [-0.25, -0.2) is 0 Å². The van der Waals surface area contributed by atoms with Gasteiger partial charge in [0.05, 0.1) is 0 Å². The summed E-state index contributed by atoms with van der Waals surface area (Å²) in [5.41, 5.74) is 1.78. The Bertz CT molecular complexity index is 371. The summed E-state index contributed by atoms with van der Waals surface area (Å²) in [5, 5.41) is 0.809. The maximum absolute atomic E-state index is 5.91. The van der Waals surface area contributed by atoms with Crippen LogP contribution in [0.15, 0.2) is 24.3 Å². The van der Waals surface area contributed by atoms with Gasteiger partial charge in [-0.15, -0.1) is 0 Å². The van der Waals surface area contributed by atoms with Gasteiger partial charge < -0.3 is 4.90 Å². The Kier molecular flexibility index (Phi) is 4.99. The van der Waals surface area contributed by atoms with Crippen molar-refractivity contribution in [1.29, 1.82) is 0 Å². The van der Waals surface area contributed by atoms with Crippen LogP contribution in [0.25, 0.3) is 0 Å². The summed E-state index contributed by atoms with van der Waals surface area (Å²) in [6.07, 6.45) is 5.41. The van der Waals surface area contributed by atoms with Crippen LogP contribution in [0, 0.1) is 5.41 Å². The molecule has 2 rings (SSSR count). The van der Waals surface area contributed by atoms with Gasteiger partial charge in [-0.1, -0.05) is 36.6 Å².